The topological polar surface area (TPSA) is 34.1 Å². The molecule has 1 aliphatic carbocycles. The van der Waals surface area contributed by atoms with E-state index in [0.717, 1.165) is 0 Å². The number of carbonyl (C=O) groups is 1. The van der Waals surface area contributed by atoms with Crippen LogP contribution in [0.4, 0.5) is 0 Å². The number of rotatable bonds is 1. The second-order valence-electron chi connectivity index (χ2n) is 2.30. The maximum atomic E-state index is 11.1. The third kappa shape index (κ3) is 1.24. The zero-order valence-corrected chi connectivity index (χ0v) is 7.03. The molecular weight excluding hydrogens is 160 g/mol. The van der Waals surface area contributed by atoms with Crippen molar-refractivity contribution in [2.75, 3.05) is 6.26 Å². The van der Waals surface area contributed by atoms with Crippen LogP contribution in [0.1, 0.15) is 0 Å². The fourth-order valence-corrected chi connectivity index (χ4v) is 1.51. The lowest BCUT2D eigenvalue weighted by Crippen LogP contribution is -2.02. The zero-order chi connectivity index (χ0) is 8.59. The maximum Gasteiger partial charge on any atom is 0.201 e. The van der Waals surface area contributed by atoms with E-state index in [9.17, 15) is 9.00 Å². The normalized spacial score (nSPS) is 20.5. The van der Waals surface area contributed by atoms with Gasteiger partial charge >= 0.3 is 0 Å². The van der Waals surface area contributed by atoms with Crippen molar-refractivity contribution in [2.24, 2.45) is 0 Å². The number of allylic oxidation sites excluding steroid dienone is 4. The Hall–Kier alpha value is -0.960. The van der Waals surface area contributed by atoms with Gasteiger partial charge in [-0.2, -0.15) is 0 Å². The molecule has 0 aromatic carbocycles. The highest BCUT2D eigenvalue weighted by molar-refractivity contribution is 7.89. The summed E-state index contributed by atoms with van der Waals surface area (Å²) in [5.41, 5.74) is 0.926. The van der Waals surface area contributed by atoms with Gasteiger partial charge in [-0.3, -0.25) is 9.00 Å². The van der Waals surface area contributed by atoms with Crippen LogP contribution < -0.4 is 0 Å². The zero-order valence-electron chi connectivity index (χ0n) is 6.22. The highest BCUT2D eigenvalue weighted by Gasteiger charge is 2.24. The minimum absolute atomic E-state index is 0.240. The number of Topliss-reactive ketones (excluding diaryl/α,β-unsaturated/α-hetero) is 1. The summed E-state index contributed by atoms with van der Waals surface area (Å²) >= 11 is 0. The highest BCUT2D eigenvalue weighted by Crippen LogP contribution is 2.24. The van der Waals surface area contributed by atoms with Crippen molar-refractivity contribution in [2.45, 2.75) is 0 Å². The summed E-state index contributed by atoms with van der Waals surface area (Å²) in [4.78, 5) is 11.4. The van der Waals surface area contributed by atoms with Gasteiger partial charge in [-0.1, -0.05) is 13.2 Å². The molecule has 1 aliphatic rings. The molecule has 0 saturated heterocycles. The van der Waals surface area contributed by atoms with Crippen molar-refractivity contribution in [3.63, 3.8) is 0 Å². The fraction of sp³-hybridized carbons (Fsp3) is 0.125. The van der Waals surface area contributed by atoms with Crippen LogP contribution in [-0.4, -0.2) is 16.2 Å². The van der Waals surface area contributed by atoms with Gasteiger partial charge in [0.2, 0.25) is 5.78 Å². The summed E-state index contributed by atoms with van der Waals surface area (Å²) in [6.07, 6.45) is 3.00. The molecule has 0 aromatic rings. The van der Waals surface area contributed by atoms with Gasteiger partial charge in [-0.15, -0.1) is 0 Å². The number of carbonyl (C=O) groups excluding carboxylic acids is 1. The first-order valence-corrected chi connectivity index (χ1v) is 4.58. The summed E-state index contributed by atoms with van der Waals surface area (Å²) in [6, 6.07) is 0. The van der Waals surface area contributed by atoms with Crippen LogP contribution in [0.25, 0.3) is 0 Å². The van der Waals surface area contributed by atoms with E-state index in [2.05, 4.69) is 13.2 Å². The molecule has 0 radical (unpaired) electrons. The summed E-state index contributed by atoms with van der Waals surface area (Å²) in [5, 5.41) is 0. The van der Waals surface area contributed by atoms with E-state index in [0.29, 0.717) is 16.1 Å². The van der Waals surface area contributed by atoms with Crippen molar-refractivity contribution in [3.05, 3.63) is 35.3 Å². The van der Waals surface area contributed by atoms with Crippen LogP contribution in [-0.2, 0) is 15.6 Å². The second-order valence-corrected chi connectivity index (χ2v) is 3.64. The Kier molecular flexibility index (Phi) is 1.91. The lowest BCUT2D eigenvalue weighted by molar-refractivity contribution is -0.111. The molecule has 0 saturated carbocycles. The molecule has 0 amide bonds. The maximum absolute atomic E-state index is 11.1. The second kappa shape index (κ2) is 2.58. The average molecular weight is 168 g/mol. The molecule has 0 spiro atoms. The molecule has 58 valence electrons. The van der Waals surface area contributed by atoms with Crippen LogP contribution in [0.15, 0.2) is 35.3 Å². The lowest BCUT2D eigenvalue weighted by Gasteiger charge is -1.92. The predicted octanol–water partition coefficient (Wildman–Crippen LogP) is 0.944. The number of ketones is 1. The Morgan fingerprint density at radius 1 is 1.45 bits per heavy atom. The van der Waals surface area contributed by atoms with Gasteiger partial charge in [0.1, 0.15) is 0 Å². The average Bonchev–Trinajstić information content (AvgIpc) is 2.17. The molecule has 0 aliphatic heterocycles. The Balaban J connectivity index is 3.12. The predicted molar refractivity (Wildman–Crippen MR) is 45.4 cm³/mol. The van der Waals surface area contributed by atoms with Gasteiger partial charge in [-0.25, -0.2) is 0 Å². The third-order valence-corrected chi connectivity index (χ3v) is 2.42. The minimum Gasteiger partial charge on any atom is -0.288 e. The summed E-state index contributed by atoms with van der Waals surface area (Å²) < 4.78 is 10.9. The Bertz CT molecular complexity index is 310. The van der Waals surface area contributed by atoms with E-state index in [1.54, 1.807) is 0 Å². The van der Waals surface area contributed by atoms with Gasteiger partial charge in [0.25, 0.3) is 0 Å². The molecule has 1 unspecified atom stereocenters. The van der Waals surface area contributed by atoms with E-state index in [4.69, 9.17) is 0 Å². The molecule has 0 fully saturated rings. The van der Waals surface area contributed by atoms with Gasteiger partial charge in [0, 0.05) is 11.8 Å². The van der Waals surface area contributed by atoms with Crippen LogP contribution >= 0.6 is 0 Å². The number of hydrogen-bond acceptors (Lipinski definition) is 2. The van der Waals surface area contributed by atoms with Crippen molar-refractivity contribution < 1.29 is 9.00 Å². The van der Waals surface area contributed by atoms with Gasteiger partial charge < -0.3 is 0 Å². The minimum atomic E-state index is -1.22. The molecule has 0 N–H and O–H groups in total. The van der Waals surface area contributed by atoms with Gasteiger partial charge in [-0.05, 0) is 11.6 Å². The first kappa shape index (κ1) is 8.14. The molecule has 3 heteroatoms. The van der Waals surface area contributed by atoms with Gasteiger partial charge in [0.05, 0.1) is 15.7 Å². The van der Waals surface area contributed by atoms with E-state index in [-0.39, 0.29) is 5.78 Å². The Labute approximate surface area is 67.8 Å². The fourth-order valence-electron chi connectivity index (χ4n) is 0.819. The first-order chi connectivity index (χ1) is 5.04. The smallest absolute Gasteiger partial charge is 0.201 e. The molecular formula is C8H8O2S. The summed E-state index contributed by atoms with van der Waals surface area (Å²) in [5.74, 6) is -0.240. The third-order valence-electron chi connectivity index (χ3n) is 1.50. The van der Waals surface area contributed by atoms with Crippen LogP contribution in [0.2, 0.25) is 0 Å². The summed E-state index contributed by atoms with van der Waals surface area (Å²) in [6.45, 7) is 7.10. The first-order valence-electron chi connectivity index (χ1n) is 3.02. The molecule has 1 atom stereocenters. The van der Waals surface area contributed by atoms with E-state index in [1.165, 1.54) is 12.3 Å². The molecule has 11 heavy (non-hydrogen) atoms. The number of hydrogen-bond donors (Lipinski definition) is 0. The van der Waals surface area contributed by atoms with Crippen LogP contribution in [0.5, 0.6) is 0 Å². The molecule has 0 heterocycles. The van der Waals surface area contributed by atoms with Crippen LogP contribution in [0.3, 0.4) is 0 Å². The molecule has 0 bridgehead atoms. The molecule has 2 nitrogen and oxygen atoms in total. The van der Waals surface area contributed by atoms with Gasteiger partial charge in [0.15, 0.2) is 0 Å². The van der Waals surface area contributed by atoms with Crippen molar-refractivity contribution >= 4 is 16.6 Å². The highest BCUT2D eigenvalue weighted by atomic mass is 32.2. The SMILES string of the molecule is C=C1C=C(S(C)=O)C(=O)C1=C. The Morgan fingerprint density at radius 2 is 2.00 bits per heavy atom. The monoisotopic (exact) mass is 168 g/mol. The molecule has 0 aromatic heterocycles. The quantitative estimate of drug-likeness (QED) is 0.546. The van der Waals surface area contributed by atoms with Crippen molar-refractivity contribution in [1.82, 2.24) is 0 Å². The van der Waals surface area contributed by atoms with Crippen LogP contribution in [0, 0.1) is 0 Å². The molecule has 1 rings (SSSR count). The van der Waals surface area contributed by atoms with Crippen molar-refractivity contribution in [1.29, 1.82) is 0 Å². The van der Waals surface area contributed by atoms with Crippen molar-refractivity contribution in [3.8, 4) is 0 Å². The Morgan fingerprint density at radius 3 is 2.18 bits per heavy atom. The standard InChI is InChI=1S/C8H8O2S/c1-5-4-7(11(3)10)8(9)6(5)2/h4H,1-2H2,3H3. The van der Waals surface area contributed by atoms with E-state index >= 15 is 0 Å². The van der Waals surface area contributed by atoms with E-state index < -0.39 is 10.8 Å². The summed E-state index contributed by atoms with van der Waals surface area (Å²) in [7, 11) is -1.22. The largest absolute Gasteiger partial charge is 0.288 e. The lowest BCUT2D eigenvalue weighted by atomic mass is 10.2. The van der Waals surface area contributed by atoms with E-state index in [1.807, 2.05) is 0 Å².